The molecule has 18 heavy (non-hydrogen) atoms. The van der Waals surface area contributed by atoms with Gasteiger partial charge < -0.3 is 10.6 Å². The minimum Gasteiger partial charge on any atom is -0.385 e. The number of amides is 2. The molecule has 1 aliphatic carbocycles. The quantitative estimate of drug-likeness (QED) is 0.865. The summed E-state index contributed by atoms with van der Waals surface area (Å²) in [4.78, 5) is 17.8. The van der Waals surface area contributed by atoms with Crippen LogP contribution < -0.4 is 5.73 Å². The van der Waals surface area contributed by atoms with Crippen molar-refractivity contribution in [3.63, 3.8) is 0 Å². The second-order valence-corrected chi connectivity index (χ2v) is 5.40. The zero-order chi connectivity index (χ0) is 12.8. The first-order chi connectivity index (χ1) is 8.62. The van der Waals surface area contributed by atoms with Crippen LogP contribution in [0.5, 0.6) is 0 Å². The number of carbonyl (C=O) groups excluding carboxylic acids is 1. The number of urea groups is 1. The number of aliphatic imine (C=N–C) groups is 1. The molecule has 4 heteroatoms. The van der Waals surface area contributed by atoms with Crippen molar-refractivity contribution in [2.45, 2.75) is 31.8 Å². The van der Waals surface area contributed by atoms with E-state index in [2.05, 4.69) is 11.9 Å². The highest BCUT2D eigenvalue weighted by molar-refractivity contribution is 6.06. The fraction of sp³-hybridized carbons (Fsp3) is 0.429. The number of hydrogen-bond acceptors (Lipinski definition) is 2. The van der Waals surface area contributed by atoms with Gasteiger partial charge in [-0.2, -0.15) is 4.99 Å². The van der Waals surface area contributed by atoms with Crippen LogP contribution in [0.15, 0.2) is 35.3 Å². The minimum absolute atomic E-state index is 0.191. The Morgan fingerprint density at radius 2 is 2.06 bits per heavy atom. The molecule has 94 valence electrons. The van der Waals surface area contributed by atoms with Crippen molar-refractivity contribution in [3.8, 4) is 0 Å². The van der Waals surface area contributed by atoms with Gasteiger partial charge in [0.25, 0.3) is 0 Å². The fourth-order valence-corrected chi connectivity index (χ4v) is 3.10. The van der Waals surface area contributed by atoms with Crippen molar-refractivity contribution in [2.75, 3.05) is 0 Å². The number of rotatable bonds is 2. The summed E-state index contributed by atoms with van der Waals surface area (Å²) in [5.41, 5.74) is 6.78. The van der Waals surface area contributed by atoms with Gasteiger partial charge in [-0.25, -0.2) is 4.79 Å². The number of hydrogen-bond donors (Lipinski definition) is 1. The van der Waals surface area contributed by atoms with Crippen LogP contribution in [-0.4, -0.2) is 22.3 Å². The maximum Gasteiger partial charge on any atom is 0.346 e. The third-order valence-corrected chi connectivity index (χ3v) is 4.00. The molecule has 1 aromatic carbocycles. The van der Waals surface area contributed by atoms with E-state index in [1.807, 2.05) is 35.2 Å². The molecule has 0 bridgehead atoms. The van der Waals surface area contributed by atoms with E-state index in [-0.39, 0.29) is 11.6 Å². The van der Waals surface area contributed by atoms with Gasteiger partial charge in [0.05, 0.1) is 0 Å². The van der Waals surface area contributed by atoms with Crippen molar-refractivity contribution in [1.82, 2.24) is 4.90 Å². The molecule has 2 amide bonds. The average molecular weight is 243 g/mol. The topological polar surface area (TPSA) is 58.7 Å². The number of carbonyl (C=O) groups is 1. The monoisotopic (exact) mass is 243 g/mol. The summed E-state index contributed by atoms with van der Waals surface area (Å²) < 4.78 is 0. The van der Waals surface area contributed by atoms with E-state index < -0.39 is 0 Å². The Kier molecular flexibility index (Phi) is 2.40. The summed E-state index contributed by atoms with van der Waals surface area (Å²) in [6, 6.07) is 9.80. The van der Waals surface area contributed by atoms with Gasteiger partial charge in [-0.1, -0.05) is 37.3 Å². The van der Waals surface area contributed by atoms with Crippen molar-refractivity contribution >= 4 is 11.9 Å². The maximum absolute atomic E-state index is 12.0. The Balaban J connectivity index is 1.85. The van der Waals surface area contributed by atoms with E-state index in [1.54, 1.807) is 0 Å². The van der Waals surface area contributed by atoms with Crippen LogP contribution in [0.2, 0.25) is 0 Å². The van der Waals surface area contributed by atoms with Gasteiger partial charge in [-0.05, 0) is 24.3 Å². The Morgan fingerprint density at radius 1 is 1.39 bits per heavy atom. The number of benzene rings is 1. The lowest BCUT2D eigenvalue weighted by molar-refractivity contribution is 0.0714. The van der Waals surface area contributed by atoms with Crippen molar-refractivity contribution in [2.24, 2.45) is 16.6 Å². The van der Waals surface area contributed by atoms with Gasteiger partial charge in [0.1, 0.15) is 11.4 Å². The van der Waals surface area contributed by atoms with Crippen molar-refractivity contribution < 1.29 is 4.79 Å². The third kappa shape index (κ3) is 1.52. The summed E-state index contributed by atoms with van der Waals surface area (Å²) in [6.45, 7) is 2.78. The molecule has 1 heterocycles. The molecular formula is C14H17N3O. The van der Waals surface area contributed by atoms with Gasteiger partial charge in [-0.3, -0.25) is 0 Å². The highest BCUT2D eigenvalue weighted by atomic mass is 16.2. The summed E-state index contributed by atoms with van der Waals surface area (Å²) in [5, 5.41) is 0. The molecule has 1 aliphatic heterocycles. The lowest BCUT2D eigenvalue weighted by Crippen LogP contribution is -2.61. The van der Waals surface area contributed by atoms with Crippen molar-refractivity contribution in [1.29, 1.82) is 0 Å². The molecule has 0 saturated heterocycles. The molecule has 2 aliphatic rings. The molecule has 4 nitrogen and oxygen atoms in total. The molecule has 0 atom stereocenters. The summed E-state index contributed by atoms with van der Waals surface area (Å²) in [7, 11) is 0. The third-order valence-electron chi connectivity index (χ3n) is 4.00. The Hall–Kier alpha value is -1.84. The summed E-state index contributed by atoms with van der Waals surface area (Å²) in [5.74, 6) is 1.12. The molecule has 2 N–H and O–H groups in total. The van der Waals surface area contributed by atoms with E-state index in [1.165, 1.54) is 0 Å². The predicted molar refractivity (Wildman–Crippen MR) is 70.1 cm³/mol. The molecule has 0 unspecified atom stereocenters. The van der Waals surface area contributed by atoms with Gasteiger partial charge in [-0.15, -0.1) is 0 Å². The predicted octanol–water partition coefficient (Wildman–Crippen LogP) is 2.15. The van der Waals surface area contributed by atoms with Crippen LogP contribution in [0.4, 0.5) is 4.79 Å². The largest absolute Gasteiger partial charge is 0.385 e. The van der Waals surface area contributed by atoms with Gasteiger partial charge in [0.2, 0.25) is 0 Å². The summed E-state index contributed by atoms with van der Waals surface area (Å²) in [6.07, 6.45) is 1.86. The summed E-state index contributed by atoms with van der Waals surface area (Å²) >= 11 is 0. The van der Waals surface area contributed by atoms with Crippen LogP contribution in [0.1, 0.15) is 25.3 Å². The molecule has 3 rings (SSSR count). The Labute approximate surface area is 106 Å². The normalized spacial score (nSPS) is 30.5. The molecule has 0 radical (unpaired) electrons. The van der Waals surface area contributed by atoms with E-state index in [4.69, 9.17) is 5.73 Å². The Morgan fingerprint density at radius 3 is 2.67 bits per heavy atom. The molecular weight excluding hydrogens is 226 g/mol. The van der Waals surface area contributed by atoms with Crippen LogP contribution in [0.25, 0.3) is 0 Å². The molecule has 1 aromatic rings. The van der Waals surface area contributed by atoms with Gasteiger partial charge in [0, 0.05) is 6.54 Å². The molecule has 1 fully saturated rings. The van der Waals surface area contributed by atoms with Gasteiger partial charge in [0.15, 0.2) is 0 Å². The fourth-order valence-electron chi connectivity index (χ4n) is 3.10. The number of nitrogens with two attached hydrogens (primary N) is 1. The second-order valence-electron chi connectivity index (χ2n) is 5.40. The first kappa shape index (κ1) is 11.3. The van der Waals surface area contributed by atoms with E-state index in [9.17, 15) is 4.79 Å². The van der Waals surface area contributed by atoms with Crippen LogP contribution in [0.3, 0.4) is 0 Å². The van der Waals surface area contributed by atoms with Crippen LogP contribution in [0, 0.1) is 5.92 Å². The maximum atomic E-state index is 12.0. The SMILES string of the molecule is CC1CC2(C1)C(N)=NC(=O)N2Cc1ccccc1. The van der Waals surface area contributed by atoms with Crippen LogP contribution in [-0.2, 0) is 6.54 Å². The average Bonchev–Trinajstić information content (AvgIpc) is 2.54. The Bertz CT molecular complexity index is 503. The van der Waals surface area contributed by atoms with E-state index in [0.29, 0.717) is 18.3 Å². The second kappa shape index (κ2) is 3.83. The van der Waals surface area contributed by atoms with Crippen LogP contribution >= 0.6 is 0 Å². The number of nitrogens with zero attached hydrogens (tertiary/aromatic N) is 2. The minimum atomic E-state index is -0.299. The molecule has 0 aromatic heterocycles. The van der Waals surface area contributed by atoms with E-state index >= 15 is 0 Å². The first-order valence-electron chi connectivity index (χ1n) is 6.32. The first-order valence-corrected chi connectivity index (χ1v) is 6.32. The lowest BCUT2D eigenvalue weighted by Gasteiger charge is -2.48. The highest BCUT2D eigenvalue weighted by Crippen LogP contribution is 2.45. The highest BCUT2D eigenvalue weighted by Gasteiger charge is 2.55. The molecule has 1 spiro atoms. The molecule has 1 saturated carbocycles. The van der Waals surface area contributed by atoms with Crippen molar-refractivity contribution in [3.05, 3.63) is 35.9 Å². The zero-order valence-corrected chi connectivity index (χ0v) is 10.5. The number of amidine groups is 1. The smallest absolute Gasteiger partial charge is 0.346 e. The van der Waals surface area contributed by atoms with E-state index in [0.717, 1.165) is 18.4 Å². The zero-order valence-electron chi connectivity index (χ0n) is 10.5. The van der Waals surface area contributed by atoms with Gasteiger partial charge >= 0.3 is 6.03 Å². The lowest BCUT2D eigenvalue weighted by atomic mass is 9.67. The standard InChI is InChI=1S/C14H17N3O/c1-10-7-14(8-10)12(15)16-13(18)17(14)9-11-5-3-2-4-6-11/h2-6,10H,7-9H2,1H3,(H2,15,16,18).